The Morgan fingerprint density at radius 1 is 1.62 bits per heavy atom. The molecule has 2 unspecified atom stereocenters. The second-order valence-corrected chi connectivity index (χ2v) is 5.54. The van der Waals surface area contributed by atoms with Gasteiger partial charge >= 0.3 is 0 Å². The zero-order valence-electron chi connectivity index (χ0n) is 9.98. The minimum absolute atomic E-state index is 0.412. The van der Waals surface area contributed by atoms with E-state index < -0.39 is 0 Å². The molecule has 2 nitrogen and oxygen atoms in total. The van der Waals surface area contributed by atoms with Gasteiger partial charge in [0.25, 0.3) is 0 Å². The first-order valence-corrected chi connectivity index (χ1v) is 6.89. The Bertz CT molecular complexity index is 347. The van der Waals surface area contributed by atoms with Gasteiger partial charge in [-0.1, -0.05) is 0 Å². The lowest BCUT2D eigenvalue weighted by atomic mass is 9.98. The molecule has 0 N–H and O–H groups in total. The summed E-state index contributed by atoms with van der Waals surface area (Å²) in [6, 6.07) is 3.15. The summed E-state index contributed by atoms with van der Waals surface area (Å²) in [5.41, 5.74) is 1.42. The molecule has 1 aromatic heterocycles. The molecule has 0 saturated carbocycles. The highest BCUT2D eigenvalue weighted by Gasteiger charge is 2.26. The van der Waals surface area contributed by atoms with E-state index in [2.05, 4.69) is 35.6 Å². The fourth-order valence-electron chi connectivity index (χ4n) is 2.54. The van der Waals surface area contributed by atoms with Gasteiger partial charge in [0.15, 0.2) is 0 Å². The van der Waals surface area contributed by atoms with Crippen LogP contribution in [0.15, 0.2) is 16.8 Å². The molecule has 1 fully saturated rings. The Labute approximate surface area is 101 Å². The number of nitrogens with zero attached hydrogens (tertiary/aromatic N) is 1. The van der Waals surface area contributed by atoms with Crippen molar-refractivity contribution in [1.29, 1.82) is 0 Å². The molecule has 2 rings (SSSR count). The largest absolute Gasteiger partial charge is 0.300 e. The molecule has 2 atom stereocenters. The predicted octanol–water partition coefficient (Wildman–Crippen LogP) is 2.73. The Morgan fingerprint density at radius 2 is 2.44 bits per heavy atom. The minimum atomic E-state index is 0.412. The number of hydrogen-bond donors (Lipinski definition) is 0. The summed E-state index contributed by atoms with van der Waals surface area (Å²) >= 11 is 1.76. The van der Waals surface area contributed by atoms with E-state index in [0.29, 0.717) is 17.9 Å². The van der Waals surface area contributed by atoms with Crippen molar-refractivity contribution in [2.75, 3.05) is 6.54 Å². The predicted molar refractivity (Wildman–Crippen MR) is 67.9 cm³/mol. The van der Waals surface area contributed by atoms with Crippen LogP contribution < -0.4 is 0 Å². The lowest BCUT2D eigenvalue weighted by Gasteiger charge is -2.37. The summed E-state index contributed by atoms with van der Waals surface area (Å²) in [4.78, 5) is 13.8. The maximum atomic E-state index is 11.3. The summed E-state index contributed by atoms with van der Waals surface area (Å²) in [5, 5.41) is 4.35. The third kappa shape index (κ3) is 2.71. The fourth-order valence-corrected chi connectivity index (χ4v) is 3.23. The molecule has 3 heteroatoms. The Kier molecular flexibility index (Phi) is 3.77. The van der Waals surface area contributed by atoms with Crippen LogP contribution in [0.5, 0.6) is 0 Å². The molecule has 1 aromatic rings. The van der Waals surface area contributed by atoms with E-state index in [1.165, 1.54) is 5.56 Å². The van der Waals surface area contributed by atoms with E-state index in [1.54, 1.807) is 11.3 Å². The first-order chi connectivity index (χ1) is 7.66. The molecule has 0 amide bonds. The van der Waals surface area contributed by atoms with Gasteiger partial charge < -0.3 is 0 Å². The molecule has 1 aliphatic rings. The topological polar surface area (TPSA) is 20.3 Å². The van der Waals surface area contributed by atoms with Gasteiger partial charge in [0.05, 0.1) is 0 Å². The summed E-state index contributed by atoms with van der Waals surface area (Å²) in [7, 11) is 0. The number of thiophene rings is 1. The molecule has 1 aliphatic heterocycles. The number of ketones is 1. The molecular formula is C13H19NOS. The molecule has 0 radical (unpaired) electrons. The highest BCUT2D eigenvalue weighted by Crippen LogP contribution is 2.20. The zero-order valence-corrected chi connectivity index (χ0v) is 10.8. The van der Waals surface area contributed by atoms with Gasteiger partial charge in [-0.3, -0.25) is 9.69 Å². The number of rotatable bonds is 3. The normalized spacial score (nSPS) is 24.6. The number of carbonyl (C=O) groups excluding carboxylic acids is 1. The molecule has 0 bridgehead atoms. The number of Topliss-reactive ketones (excluding diaryl/α,β-unsaturated/α-hetero) is 1. The Balaban J connectivity index is 1.94. The van der Waals surface area contributed by atoms with E-state index in [1.807, 2.05) is 0 Å². The first kappa shape index (κ1) is 11.8. The maximum absolute atomic E-state index is 11.3. The minimum Gasteiger partial charge on any atom is -0.300 e. The van der Waals surface area contributed by atoms with Crippen LogP contribution in [0, 0.1) is 0 Å². The summed E-state index contributed by atoms with van der Waals surface area (Å²) < 4.78 is 0. The molecular weight excluding hydrogens is 218 g/mol. The van der Waals surface area contributed by atoms with Crippen molar-refractivity contribution in [2.45, 2.75) is 45.2 Å². The van der Waals surface area contributed by atoms with Crippen LogP contribution in [-0.2, 0) is 11.2 Å². The SMILES string of the molecule is CC1CC(=O)CCN1C(C)Cc1ccsc1. The lowest BCUT2D eigenvalue weighted by molar-refractivity contribution is -0.123. The Hall–Kier alpha value is -0.670. The van der Waals surface area contributed by atoms with Crippen LogP contribution in [0.1, 0.15) is 32.3 Å². The quantitative estimate of drug-likeness (QED) is 0.805. The lowest BCUT2D eigenvalue weighted by Crippen LogP contribution is -2.46. The van der Waals surface area contributed by atoms with E-state index in [9.17, 15) is 4.79 Å². The van der Waals surface area contributed by atoms with Gasteiger partial charge in [0.2, 0.25) is 0 Å². The van der Waals surface area contributed by atoms with Crippen molar-refractivity contribution < 1.29 is 4.79 Å². The number of piperidine rings is 1. The van der Waals surface area contributed by atoms with Crippen LogP contribution >= 0.6 is 11.3 Å². The molecule has 0 spiro atoms. The average Bonchev–Trinajstić information content (AvgIpc) is 2.70. The monoisotopic (exact) mass is 237 g/mol. The number of hydrogen-bond acceptors (Lipinski definition) is 3. The number of likely N-dealkylation sites (tertiary alicyclic amines) is 1. The van der Waals surface area contributed by atoms with Gasteiger partial charge in [-0.25, -0.2) is 0 Å². The van der Waals surface area contributed by atoms with Crippen LogP contribution in [0.25, 0.3) is 0 Å². The van der Waals surface area contributed by atoms with Crippen molar-refractivity contribution in [3.05, 3.63) is 22.4 Å². The van der Waals surface area contributed by atoms with Crippen molar-refractivity contribution in [3.63, 3.8) is 0 Å². The molecule has 0 aliphatic carbocycles. The average molecular weight is 237 g/mol. The van der Waals surface area contributed by atoms with Gasteiger partial charge in [-0.2, -0.15) is 11.3 Å². The van der Waals surface area contributed by atoms with Crippen molar-refractivity contribution >= 4 is 17.1 Å². The van der Waals surface area contributed by atoms with E-state index in [0.717, 1.165) is 25.8 Å². The molecule has 88 valence electrons. The Morgan fingerprint density at radius 3 is 3.06 bits per heavy atom. The number of carbonyl (C=O) groups is 1. The van der Waals surface area contributed by atoms with Crippen molar-refractivity contribution in [1.82, 2.24) is 4.90 Å². The van der Waals surface area contributed by atoms with Gasteiger partial charge in [0, 0.05) is 31.5 Å². The summed E-state index contributed by atoms with van der Waals surface area (Å²) in [6.45, 7) is 5.37. The molecule has 2 heterocycles. The van der Waals surface area contributed by atoms with E-state index in [4.69, 9.17) is 0 Å². The molecule has 0 aromatic carbocycles. The maximum Gasteiger partial charge on any atom is 0.135 e. The van der Waals surface area contributed by atoms with E-state index >= 15 is 0 Å². The highest BCUT2D eigenvalue weighted by molar-refractivity contribution is 7.07. The zero-order chi connectivity index (χ0) is 11.5. The fraction of sp³-hybridized carbons (Fsp3) is 0.615. The second-order valence-electron chi connectivity index (χ2n) is 4.76. The van der Waals surface area contributed by atoms with Gasteiger partial charge in [-0.05, 0) is 42.7 Å². The van der Waals surface area contributed by atoms with Crippen LogP contribution in [-0.4, -0.2) is 29.3 Å². The smallest absolute Gasteiger partial charge is 0.135 e. The highest BCUT2D eigenvalue weighted by atomic mass is 32.1. The standard InChI is InChI=1S/C13H19NOS/c1-10(7-12-4-6-16-9-12)14-5-3-13(15)8-11(14)2/h4,6,9-11H,3,5,7-8H2,1-2H3. The van der Waals surface area contributed by atoms with Crippen molar-refractivity contribution in [3.8, 4) is 0 Å². The third-order valence-electron chi connectivity index (χ3n) is 3.42. The summed E-state index contributed by atoms with van der Waals surface area (Å²) in [6.07, 6.45) is 2.56. The summed E-state index contributed by atoms with van der Waals surface area (Å²) in [5.74, 6) is 0.423. The van der Waals surface area contributed by atoms with Crippen molar-refractivity contribution in [2.24, 2.45) is 0 Å². The van der Waals surface area contributed by atoms with Gasteiger partial charge in [-0.15, -0.1) is 0 Å². The van der Waals surface area contributed by atoms with Crippen LogP contribution in [0.3, 0.4) is 0 Å². The van der Waals surface area contributed by atoms with Gasteiger partial charge in [0.1, 0.15) is 5.78 Å². The molecule has 1 saturated heterocycles. The first-order valence-electron chi connectivity index (χ1n) is 5.95. The van der Waals surface area contributed by atoms with Crippen LogP contribution in [0.2, 0.25) is 0 Å². The second kappa shape index (κ2) is 5.11. The molecule has 16 heavy (non-hydrogen) atoms. The van der Waals surface area contributed by atoms with Crippen LogP contribution in [0.4, 0.5) is 0 Å². The van der Waals surface area contributed by atoms with E-state index in [-0.39, 0.29) is 0 Å². The third-order valence-corrected chi connectivity index (χ3v) is 4.15.